The first-order valence-electron chi connectivity index (χ1n) is 9.30. The molecule has 146 valence electrons. The van der Waals surface area contributed by atoms with Gasteiger partial charge < -0.3 is 15.1 Å². The largest absolute Gasteiger partial charge is 0.396 e. The highest BCUT2D eigenvalue weighted by Crippen LogP contribution is 2.34. The standard InChI is InChI=1S/C21H21F2N3O2/c22-16-8-17(14-1-2-15(11-28)19(23)7-14)20-18(9-16)21(25-12-24-20)26-5-3-13(10-27)4-6-26/h1-2,7-9,12-13,27-28H,3-6,10-11H2. The third-order valence-electron chi connectivity index (χ3n) is 5.39. The number of aliphatic hydroxyl groups is 2. The van der Waals surface area contributed by atoms with Gasteiger partial charge in [0, 0.05) is 36.2 Å². The van der Waals surface area contributed by atoms with Crippen LogP contribution in [0.5, 0.6) is 0 Å². The molecule has 3 aromatic rings. The summed E-state index contributed by atoms with van der Waals surface area (Å²) in [4.78, 5) is 10.8. The van der Waals surface area contributed by atoms with Crippen molar-refractivity contribution in [2.45, 2.75) is 19.4 Å². The van der Waals surface area contributed by atoms with Gasteiger partial charge in [-0.05, 0) is 42.5 Å². The van der Waals surface area contributed by atoms with Crippen molar-refractivity contribution < 1.29 is 19.0 Å². The fourth-order valence-electron chi connectivity index (χ4n) is 3.76. The van der Waals surface area contributed by atoms with Gasteiger partial charge in [-0.2, -0.15) is 0 Å². The lowest BCUT2D eigenvalue weighted by Crippen LogP contribution is -2.35. The van der Waals surface area contributed by atoms with Crippen LogP contribution in [-0.4, -0.2) is 39.9 Å². The van der Waals surface area contributed by atoms with E-state index in [0.717, 1.165) is 25.9 Å². The Hall–Kier alpha value is -2.64. The molecule has 28 heavy (non-hydrogen) atoms. The normalized spacial score (nSPS) is 15.4. The number of fused-ring (bicyclic) bond motifs is 1. The molecule has 5 nitrogen and oxygen atoms in total. The van der Waals surface area contributed by atoms with E-state index in [1.807, 2.05) is 0 Å². The minimum atomic E-state index is -0.544. The first kappa shape index (κ1) is 18.7. The SMILES string of the molecule is OCc1ccc(-c2cc(F)cc3c(N4CCC(CO)CC4)ncnc23)cc1F. The molecule has 0 radical (unpaired) electrons. The Labute approximate surface area is 161 Å². The van der Waals surface area contributed by atoms with Gasteiger partial charge in [0.2, 0.25) is 0 Å². The van der Waals surface area contributed by atoms with E-state index in [-0.39, 0.29) is 18.1 Å². The Morgan fingerprint density at radius 2 is 1.82 bits per heavy atom. The van der Waals surface area contributed by atoms with Crippen molar-refractivity contribution in [3.63, 3.8) is 0 Å². The molecule has 0 unspecified atom stereocenters. The Morgan fingerprint density at radius 3 is 2.50 bits per heavy atom. The molecule has 1 fully saturated rings. The van der Waals surface area contributed by atoms with Gasteiger partial charge in [0.1, 0.15) is 23.8 Å². The summed E-state index contributed by atoms with van der Waals surface area (Å²) >= 11 is 0. The minimum absolute atomic E-state index is 0.173. The predicted octanol–water partition coefficient (Wildman–Crippen LogP) is 3.28. The molecule has 1 saturated heterocycles. The molecule has 1 aliphatic rings. The van der Waals surface area contributed by atoms with Crippen LogP contribution in [0.1, 0.15) is 18.4 Å². The van der Waals surface area contributed by atoms with Gasteiger partial charge in [0.05, 0.1) is 12.1 Å². The number of halogens is 2. The molecule has 0 saturated carbocycles. The van der Waals surface area contributed by atoms with Gasteiger partial charge in [-0.3, -0.25) is 0 Å². The summed E-state index contributed by atoms with van der Waals surface area (Å²) in [5.41, 5.74) is 1.70. The molecule has 2 heterocycles. The summed E-state index contributed by atoms with van der Waals surface area (Å²) in [5.74, 6) is -0.0625. The second-order valence-corrected chi connectivity index (χ2v) is 7.12. The average molecular weight is 385 g/mol. The smallest absolute Gasteiger partial charge is 0.140 e. The molecule has 0 amide bonds. The second-order valence-electron chi connectivity index (χ2n) is 7.12. The van der Waals surface area contributed by atoms with E-state index in [1.54, 1.807) is 6.07 Å². The monoisotopic (exact) mass is 385 g/mol. The number of benzene rings is 2. The molecular formula is C21H21F2N3O2. The van der Waals surface area contributed by atoms with E-state index in [1.165, 1.54) is 30.6 Å². The van der Waals surface area contributed by atoms with Crippen LogP contribution >= 0.6 is 0 Å². The van der Waals surface area contributed by atoms with Crippen molar-refractivity contribution in [3.05, 3.63) is 53.9 Å². The molecule has 1 aromatic heterocycles. The highest BCUT2D eigenvalue weighted by atomic mass is 19.1. The van der Waals surface area contributed by atoms with Crippen molar-refractivity contribution in [2.75, 3.05) is 24.6 Å². The fraction of sp³-hybridized carbons (Fsp3) is 0.333. The molecule has 7 heteroatoms. The average Bonchev–Trinajstić information content (AvgIpc) is 2.72. The van der Waals surface area contributed by atoms with Crippen LogP contribution in [0, 0.1) is 17.6 Å². The number of aromatic nitrogens is 2. The summed E-state index contributed by atoms with van der Waals surface area (Å²) in [6.07, 6.45) is 3.13. The van der Waals surface area contributed by atoms with Gasteiger partial charge in [0.25, 0.3) is 0 Å². The van der Waals surface area contributed by atoms with Crippen LogP contribution in [-0.2, 0) is 6.61 Å². The summed E-state index contributed by atoms with van der Waals surface area (Å²) in [6.45, 7) is 1.23. The maximum absolute atomic E-state index is 14.5. The molecule has 0 aliphatic carbocycles. The highest BCUT2D eigenvalue weighted by molar-refractivity contribution is 5.99. The van der Waals surface area contributed by atoms with E-state index in [2.05, 4.69) is 14.9 Å². The van der Waals surface area contributed by atoms with Gasteiger partial charge in [-0.25, -0.2) is 18.7 Å². The summed E-state index contributed by atoms with van der Waals surface area (Å²) < 4.78 is 28.6. The number of hydrogen-bond donors (Lipinski definition) is 2. The lowest BCUT2D eigenvalue weighted by molar-refractivity contribution is 0.203. The predicted molar refractivity (Wildman–Crippen MR) is 103 cm³/mol. The zero-order valence-electron chi connectivity index (χ0n) is 15.3. The van der Waals surface area contributed by atoms with Gasteiger partial charge >= 0.3 is 0 Å². The van der Waals surface area contributed by atoms with Crippen LogP contribution in [0.3, 0.4) is 0 Å². The number of piperidine rings is 1. The minimum Gasteiger partial charge on any atom is -0.396 e. The van der Waals surface area contributed by atoms with Crippen molar-refractivity contribution in [3.8, 4) is 11.1 Å². The number of aliphatic hydroxyl groups excluding tert-OH is 2. The molecule has 0 spiro atoms. The van der Waals surface area contributed by atoms with Crippen molar-refractivity contribution >= 4 is 16.7 Å². The summed E-state index contributed by atoms with van der Waals surface area (Å²) in [6, 6.07) is 7.17. The van der Waals surface area contributed by atoms with E-state index in [4.69, 9.17) is 0 Å². The third-order valence-corrected chi connectivity index (χ3v) is 5.39. The molecule has 2 aromatic carbocycles. The van der Waals surface area contributed by atoms with Crippen molar-refractivity contribution in [2.24, 2.45) is 5.92 Å². The molecule has 0 atom stereocenters. The zero-order chi connectivity index (χ0) is 19.7. The lowest BCUT2D eigenvalue weighted by atomic mass is 9.97. The maximum Gasteiger partial charge on any atom is 0.140 e. The Kier molecular flexibility index (Phi) is 5.19. The van der Waals surface area contributed by atoms with E-state index < -0.39 is 18.2 Å². The first-order chi connectivity index (χ1) is 13.6. The van der Waals surface area contributed by atoms with Crippen LogP contribution in [0.25, 0.3) is 22.0 Å². The van der Waals surface area contributed by atoms with Crippen LogP contribution in [0.2, 0.25) is 0 Å². The van der Waals surface area contributed by atoms with Crippen LogP contribution < -0.4 is 4.90 Å². The molecule has 1 aliphatic heterocycles. The first-order valence-corrected chi connectivity index (χ1v) is 9.30. The van der Waals surface area contributed by atoms with Gasteiger partial charge in [-0.15, -0.1) is 0 Å². The zero-order valence-corrected chi connectivity index (χ0v) is 15.3. The molecular weight excluding hydrogens is 364 g/mol. The quantitative estimate of drug-likeness (QED) is 0.721. The number of rotatable bonds is 4. The van der Waals surface area contributed by atoms with Gasteiger partial charge in [-0.1, -0.05) is 12.1 Å². The fourth-order valence-corrected chi connectivity index (χ4v) is 3.76. The van der Waals surface area contributed by atoms with Crippen LogP contribution in [0.4, 0.5) is 14.6 Å². The Balaban J connectivity index is 1.81. The summed E-state index contributed by atoms with van der Waals surface area (Å²) in [5, 5.41) is 19.1. The Morgan fingerprint density at radius 1 is 1.04 bits per heavy atom. The third kappa shape index (κ3) is 3.43. The van der Waals surface area contributed by atoms with Gasteiger partial charge in [0.15, 0.2) is 0 Å². The van der Waals surface area contributed by atoms with Crippen LogP contribution in [0.15, 0.2) is 36.7 Å². The van der Waals surface area contributed by atoms with E-state index >= 15 is 0 Å². The van der Waals surface area contributed by atoms with Crippen molar-refractivity contribution in [1.82, 2.24) is 9.97 Å². The number of hydrogen-bond acceptors (Lipinski definition) is 5. The van der Waals surface area contributed by atoms with E-state index in [0.29, 0.717) is 27.8 Å². The van der Waals surface area contributed by atoms with E-state index in [9.17, 15) is 19.0 Å². The molecule has 0 bridgehead atoms. The Bertz CT molecular complexity index is 1000. The lowest BCUT2D eigenvalue weighted by Gasteiger charge is -2.32. The highest BCUT2D eigenvalue weighted by Gasteiger charge is 2.22. The molecule has 2 N–H and O–H groups in total. The second kappa shape index (κ2) is 7.77. The summed E-state index contributed by atoms with van der Waals surface area (Å²) in [7, 11) is 0. The maximum atomic E-state index is 14.5. The van der Waals surface area contributed by atoms with Crippen molar-refractivity contribution in [1.29, 1.82) is 0 Å². The number of anilines is 1. The molecule has 4 rings (SSSR count). The topological polar surface area (TPSA) is 69.5 Å². The number of nitrogens with zero attached hydrogens (tertiary/aromatic N) is 3.